The number of rotatable bonds is 2. The number of methoxy groups -OCH3 is 1. The number of hydrogen-bond donors (Lipinski definition) is 0. The molecule has 2 aromatic carbocycles. The van der Waals surface area contributed by atoms with E-state index in [1.807, 2.05) is 6.07 Å². The molecule has 2 heteroatoms. The van der Waals surface area contributed by atoms with Crippen LogP contribution in [0.2, 0.25) is 0 Å². The molecule has 2 rings (SSSR count). The molecule has 2 aromatic rings. The van der Waals surface area contributed by atoms with Gasteiger partial charge in [-0.2, -0.15) is 0 Å². The average molecular weight is 312 g/mol. The zero-order valence-electron chi connectivity index (χ0n) is 8.83. The molecule has 0 N–H and O–H groups in total. The minimum absolute atomic E-state index is 0.550. The summed E-state index contributed by atoms with van der Waals surface area (Å²) < 4.78 is 5.75. The highest BCUT2D eigenvalue weighted by Gasteiger charge is 2.02. The number of alkyl halides is 1. The second kappa shape index (κ2) is 4.39. The summed E-state index contributed by atoms with van der Waals surface area (Å²) in [5, 5.41) is 2.51. The predicted molar refractivity (Wildman–Crippen MR) is 72.9 cm³/mol. The summed E-state index contributed by atoms with van der Waals surface area (Å²) in [6.07, 6.45) is 0. The summed E-state index contributed by atoms with van der Waals surface area (Å²) in [7, 11) is 1.70. The quantitative estimate of drug-likeness (QED) is 0.592. The average Bonchev–Trinajstić information content (AvgIpc) is 2.27. The third-order valence-corrected chi connectivity index (χ3v) is 3.25. The Balaban J connectivity index is 2.55. The van der Waals surface area contributed by atoms with Crippen LogP contribution in [0.15, 0.2) is 36.4 Å². The Morgan fingerprint density at radius 2 is 1.73 bits per heavy atom. The highest BCUT2D eigenvalue weighted by molar-refractivity contribution is 14.1. The number of hydrogen-bond acceptors (Lipinski definition) is 1. The Hall–Kier alpha value is -0.770. The largest absolute Gasteiger partial charge is 0.497 e. The van der Waals surface area contributed by atoms with Crippen molar-refractivity contribution in [2.24, 2.45) is 0 Å². The molecular weight excluding hydrogens is 299 g/mol. The SMILES string of the molecule is COc1ccc2cc(C(C)I)ccc2c1. The molecule has 0 aromatic heterocycles. The monoisotopic (exact) mass is 312 g/mol. The second-order valence-electron chi connectivity index (χ2n) is 3.59. The fourth-order valence-electron chi connectivity index (χ4n) is 1.62. The van der Waals surface area contributed by atoms with Crippen LogP contribution in [0.5, 0.6) is 5.75 Å². The number of halogens is 1. The summed E-state index contributed by atoms with van der Waals surface area (Å²) in [5.74, 6) is 0.915. The van der Waals surface area contributed by atoms with Crippen LogP contribution in [0.3, 0.4) is 0 Å². The Labute approximate surface area is 104 Å². The number of fused-ring (bicyclic) bond motifs is 1. The zero-order valence-corrected chi connectivity index (χ0v) is 11.0. The lowest BCUT2D eigenvalue weighted by atomic mass is 10.1. The van der Waals surface area contributed by atoms with Gasteiger partial charge < -0.3 is 4.74 Å². The molecular formula is C13H13IO. The summed E-state index contributed by atoms with van der Waals surface area (Å²) in [5.41, 5.74) is 1.37. The molecule has 0 spiro atoms. The standard InChI is InChI=1S/C13H13IO/c1-9(14)10-3-4-12-8-13(15-2)6-5-11(12)7-10/h3-9H,1-2H3. The summed E-state index contributed by atoms with van der Waals surface area (Å²) >= 11 is 2.43. The van der Waals surface area contributed by atoms with Crippen LogP contribution < -0.4 is 4.74 Å². The lowest BCUT2D eigenvalue weighted by Gasteiger charge is -2.07. The van der Waals surface area contributed by atoms with Crippen molar-refractivity contribution in [1.29, 1.82) is 0 Å². The molecule has 0 saturated carbocycles. The molecule has 1 unspecified atom stereocenters. The fourth-order valence-corrected chi connectivity index (χ4v) is 2.00. The maximum atomic E-state index is 5.20. The molecule has 78 valence electrons. The van der Waals surface area contributed by atoms with Gasteiger partial charge in [0.15, 0.2) is 0 Å². The Bertz CT molecular complexity index is 477. The summed E-state index contributed by atoms with van der Waals surface area (Å²) in [6, 6.07) is 12.8. The van der Waals surface area contributed by atoms with Gasteiger partial charge >= 0.3 is 0 Å². The van der Waals surface area contributed by atoms with Gasteiger partial charge in [-0.05, 0) is 35.4 Å². The molecule has 0 saturated heterocycles. The third-order valence-electron chi connectivity index (χ3n) is 2.53. The first-order valence-electron chi connectivity index (χ1n) is 4.92. The molecule has 0 aliphatic carbocycles. The maximum absolute atomic E-state index is 5.20. The van der Waals surface area contributed by atoms with Gasteiger partial charge in [0.25, 0.3) is 0 Å². The van der Waals surface area contributed by atoms with Gasteiger partial charge in [-0.1, -0.05) is 46.9 Å². The van der Waals surface area contributed by atoms with E-state index in [4.69, 9.17) is 4.74 Å². The van der Waals surface area contributed by atoms with E-state index in [1.165, 1.54) is 16.3 Å². The maximum Gasteiger partial charge on any atom is 0.119 e. The highest BCUT2D eigenvalue weighted by Crippen LogP contribution is 2.27. The smallest absolute Gasteiger partial charge is 0.119 e. The first kappa shape index (κ1) is 10.7. The van der Waals surface area contributed by atoms with Crippen molar-refractivity contribution < 1.29 is 4.74 Å². The van der Waals surface area contributed by atoms with Gasteiger partial charge in [-0.3, -0.25) is 0 Å². The molecule has 1 nitrogen and oxygen atoms in total. The van der Waals surface area contributed by atoms with Crippen LogP contribution >= 0.6 is 22.6 Å². The Kier molecular flexibility index (Phi) is 3.14. The van der Waals surface area contributed by atoms with E-state index in [1.54, 1.807) is 7.11 Å². The first-order chi connectivity index (χ1) is 7.20. The van der Waals surface area contributed by atoms with E-state index in [0.29, 0.717) is 3.92 Å². The third kappa shape index (κ3) is 2.25. The highest BCUT2D eigenvalue weighted by atomic mass is 127. The summed E-state index contributed by atoms with van der Waals surface area (Å²) in [6.45, 7) is 2.20. The minimum Gasteiger partial charge on any atom is -0.497 e. The fraction of sp³-hybridized carbons (Fsp3) is 0.231. The predicted octanol–water partition coefficient (Wildman–Crippen LogP) is 4.34. The van der Waals surface area contributed by atoms with Gasteiger partial charge in [-0.25, -0.2) is 0 Å². The van der Waals surface area contributed by atoms with Crippen molar-refractivity contribution in [2.75, 3.05) is 7.11 Å². The van der Waals surface area contributed by atoms with E-state index >= 15 is 0 Å². The van der Waals surface area contributed by atoms with E-state index in [0.717, 1.165) is 5.75 Å². The van der Waals surface area contributed by atoms with Crippen molar-refractivity contribution >= 4 is 33.4 Å². The summed E-state index contributed by atoms with van der Waals surface area (Å²) in [4.78, 5) is 0. The molecule has 0 aliphatic heterocycles. The first-order valence-corrected chi connectivity index (χ1v) is 6.17. The van der Waals surface area contributed by atoms with Crippen LogP contribution in [0.1, 0.15) is 16.4 Å². The van der Waals surface area contributed by atoms with Gasteiger partial charge in [0.2, 0.25) is 0 Å². The molecule has 0 fully saturated rings. The van der Waals surface area contributed by atoms with Crippen molar-refractivity contribution in [2.45, 2.75) is 10.8 Å². The number of ether oxygens (including phenoxy) is 1. The molecule has 0 amide bonds. The van der Waals surface area contributed by atoms with Crippen LogP contribution in [0.4, 0.5) is 0 Å². The Morgan fingerprint density at radius 1 is 1.07 bits per heavy atom. The van der Waals surface area contributed by atoms with E-state index in [2.05, 4.69) is 59.8 Å². The van der Waals surface area contributed by atoms with Crippen LogP contribution in [0.25, 0.3) is 10.8 Å². The molecule has 1 atom stereocenters. The van der Waals surface area contributed by atoms with Crippen LogP contribution in [-0.4, -0.2) is 7.11 Å². The molecule has 0 bridgehead atoms. The van der Waals surface area contributed by atoms with E-state index in [-0.39, 0.29) is 0 Å². The second-order valence-corrected chi connectivity index (χ2v) is 5.46. The lowest BCUT2D eigenvalue weighted by Crippen LogP contribution is -1.85. The molecule has 15 heavy (non-hydrogen) atoms. The normalized spacial score (nSPS) is 12.7. The molecule has 0 heterocycles. The topological polar surface area (TPSA) is 9.23 Å². The van der Waals surface area contributed by atoms with Gasteiger partial charge in [0, 0.05) is 3.92 Å². The van der Waals surface area contributed by atoms with Gasteiger partial charge in [0.05, 0.1) is 7.11 Å². The lowest BCUT2D eigenvalue weighted by molar-refractivity contribution is 0.415. The number of benzene rings is 2. The van der Waals surface area contributed by atoms with Crippen molar-refractivity contribution in [3.8, 4) is 5.75 Å². The minimum atomic E-state index is 0.550. The van der Waals surface area contributed by atoms with E-state index in [9.17, 15) is 0 Å². The van der Waals surface area contributed by atoms with Gasteiger partial charge in [-0.15, -0.1) is 0 Å². The van der Waals surface area contributed by atoms with Crippen LogP contribution in [0, 0.1) is 0 Å². The van der Waals surface area contributed by atoms with Crippen molar-refractivity contribution in [3.63, 3.8) is 0 Å². The Morgan fingerprint density at radius 3 is 2.40 bits per heavy atom. The van der Waals surface area contributed by atoms with Crippen LogP contribution in [-0.2, 0) is 0 Å². The van der Waals surface area contributed by atoms with Crippen molar-refractivity contribution in [1.82, 2.24) is 0 Å². The molecule has 0 aliphatic rings. The molecule has 0 radical (unpaired) electrons. The van der Waals surface area contributed by atoms with E-state index < -0.39 is 0 Å². The van der Waals surface area contributed by atoms with Crippen molar-refractivity contribution in [3.05, 3.63) is 42.0 Å². The van der Waals surface area contributed by atoms with Gasteiger partial charge in [0.1, 0.15) is 5.75 Å². The zero-order chi connectivity index (χ0) is 10.8.